The molecule has 0 bridgehead atoms. The topological polar surface area (TPSA) is 35.5 Å². The molecule has 1 aromatic carbocycles. The second kappa shape index (κ2) is 8.27. The van der Waals surface area contributed by atoms with Gasteiger partial charge in [-0.2, -0.15) is 11.8 Å². The van der Waals surface area contributed by atoms with Crippen LogP contribution in [-0.4, -0.2) is 31.2 Å². The summed E-state index contributed by atoms with van der Waals surface area (Å²) in [5, 5.41) is 0.616. The first-order chi connectivity index (χ1) is 8.65. The first kappa shape index (κ1) is 15.2. The zero-order valence-corrected chi connectivity index (χ0v) is 12.1. The van der Waals surface area contributed by atoms with E-state index in [1.807, 2.05) is 25.1 Å². The van der Waals surface area contributed by atoms with Crippen molar-refractivity contribution in [2.75, 3.05) is 25.2 Å². The molecule has 0 saturated heterocycles. The highest BCUT2D eigenvalue weighted by Crippen LogP contribution is 2.23. The van der Waals surface area contributed by atoms with E-state index in [1.165, 1.54) is 7.11 Å². The fraction of sp³-hybridized carbons (Fsp3) is 0.462. The van der Waals surface area contributed by atoms with Crippen molar-refractivity contribution in [1.82, 2.24) is 0 Å². The van der Waals surface area contributed by atoms with Crippen molar-refractivity contribution < 1.29 is 14.3 Å². The summed E-state index contributed by atoms with van der Waals surface area (Å²) >= 11 is 7.62. The number of ether oxygens (including phenoxy) is 2. The summed E-state index contributed by atoms with van der Waals surface area (Å²) in [6.45, 7) is 2.43. The van der Waals surface area contributed by atoms with E-state index >= 15 is 0 Å². The van der Waals surface area contributed by atoms with Crippen LogP contribution in [0.4, 0.5) is 0 Å². The van der Waals surface area contributed by atoms with Gasteiger partial charge in [0.05, 0.1) is 24.7 Å². The number of carbonyl (C=O) groups excluding carboxylic acids is 1. The van der Waals surface area contributed by atoms with Gasteiger partial charge in [-0.15, -0.1) is 0 Å². The summed E-state index contributed by atoms with van der Waals surface area (Å²) in [5.74, 6) is 1.99. The molecule has 0 fully saturated rings. The number of rotatable bonds is 7. The maximum absolute atomic E-state index is 11.2. The summed E-state index contributed by atoms with van der Waals surface area (Å²) in [4.78, 5) is 11.2. The molecule has 3 nitrogen and oxygen atoms in total. The third-order valence-electron chi connectivity index (χ3n) is 2.29. The van der Waals surface area contributed by atoms with E-state index in [-0.39, 0.29) is 11.9 Å². The van der Waals surface area contributed by atoms with Crippen LogP contribution in [-0.2, 0) is 9.53 Å². The van der Waals surface area contributed by atoms with Crippen LogP contribution in [0.15, 0.2) is 24.3 Å². The number of carbonyl (C=O) groups is 1. The quantitative estimate of drug-likeness (QED) is 0.570. The number of thioether (sulfide) groups is 1. The minimum atomic E-state index is -0.172. The lowest BCUT2D eigenvalue weighted by atomic mass is 10.2. The van der Waals surface area contributed by atoms with Crippen LogP contribution in [0.3, 0.4) is 0 Å². The lowest BCUT2D eigenvalue weighted by Crippen LogP contribution is -2.15. The molecule has 1 unspecified atom stereocenters. The van der Waals surface area contributed by atoms with Crippen LogP contribution >= 0.6 is 23.4 Å². The molecule has 0 N–H and O–H groups in total. The van der Waals surface area contributed by atoms with Gasteiger partial charge in [0.2, 0.25) is 0 Å². The van der Waals surface area contributed by atoms with E-state index in [2.05, 4.69) is 4.74 Å². The molecule has 0 saturated carbocycles. The fourth-order valence-corrected chi connectivity index (χ4v) is 2.35. The van der Waals surface area contributed by atoms with Gasteiger partial charge < -0.3 is 9.47 Å². The van der Waals surface area contributed by atoms with E-state index in [9.17, 15) is 4.79 Å². The van der Waals surface area contributed by atoms with Gasteiger partial charge in [-0.05, 0) is 12.1 Å². The monoisotopic (exact) mass is 288 g/mol. The highest BCUT2D eigenvalue weighted by Gasteiger charge is 2.12. The minimum Gasteiger partial charge on any atom is -0.491 e. The van der Waals surface area contributed by atoms with E-state index in [1.54, 1.807) is 17.8 Å². The maximum atomic E-state index is 11.2. The van der Waals surface area contributed by atoms with Crippen LogP contribution in [0.5, 0.6) is 5.75 Å². The van der Waals surface area contributed by atoms with Crippen LogP contribution in [0.2, 0.25) is 5.02 Å². The van der Waals surface area contributed by atoms with E-state index in [0.29, 0.717) is 17.4 Å². The second-order valence-electron chi connectivity index (χ2n) is 3.78. The highest BCUT2D eigenvalue weighted by atomic mass is 35.5. The average molecular weight is 289 g/mol. The van der Waals surface area contributed by atoms with E-state index in [4.69, 9.17) is 16.3 Å². The normalized spacial score (nSPS) is 11.9. The Kier molecular flexibility index (Phi) is 6.98. The maximum Gasteiger partial charge on any atom is 0.309 e. The van der Waals surface area contributed by atoms with Gasteiger partial charge in [0.15, 0.2) is 0 Å². The number of esters is 1. The zero-order valence-electron chi connectivity index (χ0n) is 10.5. The largest absolute Gasteiger partial charge is 0.491 e. The molecule has 0 spiro atoms. The molecule has 0 aliphatic rings. The third kappa shape index (κ3) is 5.19. The van der Waals surface area contributed by atoms with Crippen molar-refractivity contribution in [2.24, 2.45) is 5.92 Å². The molecule has 0 aromatic heterocycles. The standard InChI is InChI=1S/C13H17ClO3S/c1-10(13(15)16-2)9-18-8-7-17-12-6-4-3-5-11(12)14/h3-6,10H,7-9H2,1-2H3. The third-order valence-corrected chi connectivity index (χ3v) is 3.80. The van der Waals surface area contributed by atoms with Crippen molar-refractivity contribution in [2.45, 2.75) is 6.92 Å². The molecule has 18 heavy (non-hydrogen) atoms. The number of para-hydroxylation sites is 1. The van der Waals surface area contributed by atoms with Gasteiger partial charge >= 0.3 is 5.97 Å². The molecule has 0 aliphatic carbocycles. The van der Waals surface area contributed by atoms with Crippen LogP contribution in [0, 0.1) is 5.92 Å². The summed E-state index contributed by atoms with van der Waals surface area (Å²) in [5.41, 5.74) is 0. The molecule has 0 aliphatic heterocycles. The summed E-state index contributed by atoms with van der Waals surface area (Å²) in [6, 6.07) is 7.38. The molecule has 100 valence electrons. The van der Waals surface area contributed by atoms with Gasteiger partial charge in [-0.3, -0.25) is 4.79 Å². The molecular weight excluding hydrogens is 272 g/mol. The molecule has 0 radical (unpaired) electrons. The van der Waals surface area contributed by atoms with Crippen LogP contribution in [0.25, 0.3) is 0 Å². The number of methoxy groups -OCH3 is 1. The lowest BCUT2D eigenvalue weighted by molar-refractivity contribution is -0.143. The highest BCUT2D eigenvalue weighted by molar-refractivity contribution is 7.99. The first-order valence-corrected chi connectivity index (χ1v) is 7.21. The Morgan fingerprint density at radius 1 is 1.44 bits per heavy atom. The van der Waals surface area contributed by atoms with Crippen molar-refractivity contribution in [3.05, 3.63) is 29.3 Å². The number of halogens is 1. The molecular formula is C13H17ClO3S. The molecule has 0 heterocycles. The van der Waals surface area contributed by atoms with Gasteiger partial charge in [0, 0.05) is 11.5 Å². The van der Waals surface area contributed by atoms with Gasteiger partial charge in [-0.1, -0.05) is 30.7 Å². The van der Waals surface area contributed by atoms with Gasteiger partial charge in [0.1, 0.15) is 5.75 Å². The number of hydrogen-bond acceptors (Lipinski definition) is 4. The van der Waals surface area contributed by atoms with Crippen LogP contribution in [0.1, 0.15) is 6.92 Å². The Bertz CT molecular complexity index is 384. The van der Waals surface area contributed by atoms with E-state index in [0.717, 1.165) is 11.5 Å². The van der Waals surface area contributed by atoms with Gasteiger partial charge in [-0.25, -0.2) is 0 Å². The van der Waals surface area contributed by atoms with Crippen molar-refractivity contribution in [1.29, 1.82) is 0 Å². The van der Waals surface area contributed by atoms with Crippen molar-refractivity contribution >= 4 is 29.3 Å². The Morgan fingerprint density at radius 2 is 2.17 bits per heavy atom. The SMILES string of the molecule is COC(=O)C(C)CSCCOc1ccccc1Cl. The minimum absolute atomic E-state index is 0.0830. The summed E-state index contributed by atoms with van der Waals surface area (Å²) < 4.78 is 10.2. The predicted octanol–water partition coefficient (Wildman–Crippen LogP) is 3.26. The van der Waals surface area contributed by atoms with Crippen LogP contribution < -0.4 is 4.74 Å². The molecule has 0 amide bonds. The predicted molar refractivity (Wildman–Crippen MR) is 75.5 cm³/mol. The number of benzene rings is 1. The fourth-order valence-electron chi connectivity index (χ4n) is 1.30. The van der Waals surface area contributed by atoms with E-state index < -0.39 is 0 Å². The summed E-state index contributed by atoms with van der Waals surface area (Å²) in [6.07, 6.45) is 0. The Hall–Kier alpha value is -0.870. The molecule has 5 heteroatoms. The second-order valence-corrected chi connectivity index (χ2v) is 5.34. The van der Waals surface area contributed by atoms with Crippen molar-refractivity contribution in [3.63, 3.8) is 0 Å². The Balaban J connectivity index is 2.16. The Morgan fingerprint density at radius 3 is 2.83 bits per heavy atom. The molecule has 1 rings (SSSR count). The smallest absolute Gasteiger partial charge is 0.309 e. The van der Waals surface area contributed by atoms with Crippen molar-refractivity contribution in [3.8, 4) is 5.75 Å². The van der Waals surface area contributed by atoms with Gasteiger partial charge in [0.25, 0.3) is 0 Å². The lowest BCUT2D eigenvalue weighted by Gasteiger charge is -2.10. The molecule has 1 aromatic rings. The Labute approximate surface area is 117 Å². The summed E-state index contributed by atoms with van der Waals surface area (Å²) in [7, 11) is 1.41. The average Bonchev–Trinajstić information content (AvgIpc) is 2.39. The molecule has 1 atom stereocenters. The zero-order chi connectivity index (χ0) is 13.4. The first-order valence-electron chi connectivity index (χ1n) is 5.68. The number of hydrogen-bond donors (Lipinski definition) is 0.